The second-order valence-corrected chi connectivity index (χ2v) is 3.80. The fourth-order valence-corrected chi connectivity index (χ4v) is 1.34. The van der Waals surface area contributed by atoms with Gasteiger partial charge in [-0.1, -0.05) is 18.2 Å². The Labute approximate surface area is 88.0 Å². The summed E-state index contributed by atoms with van der Waals surface area (Å²) in [7, 11) is 1.51. The van der Waals surface area contributed by atoms with Crippen molar-refractivity contribution < 1.29 is 13.5 Å². The molecule has 0 aromatic heterocycles. The summed E-state index contributed by atoms with van der Waals surface area (Å²) < 4.78 is 30.2. The Hall–Kier alpha value is -1.16. The fourth-order valence-electron chi connectivity index (χ4n) is 1.34. The monoisotopic (exact) mass is 215 g/mol. The van der Waals surface area contributed by atoms with Crippen LogP contribution in [0.15, 0.2) is 24.3 Å². The van der Waals surface area contributed by atoms with E-state index >= 15 is 0 Å². The summed E-state index contributed by atoms with van der Waals surface area (Å²) in [5.41, 5.74) is 4.69. The molecule has 4 heteroatoms. The Morgan fingerprint density at radius 3 is 2.53 bits per heavy atom. The smallest absolute Gasteiger partial charge is 0.256 e. The molecular formula is C11H15F2NO. The van der Waals surface area contributed by atoms with E-state index in [0.29, 0.717) is 11.3 Å². The molecule has 0 saturated carbocycles. The number of hydrogen-bond donors (Lipinski definition) is 1. The Morgan fingerprint density at radius 2 is 2.00 bits per heavy atom. The molecule has 2 nitrogen and oxygen atoms in total. The minimum atomic E-state index is -2.55. The lowest BCUT2D eigenvalue weighted by Crippen LogP contribution is -2.45. The minimum absolute atomic E-state index is 0.0919. The number of alkyl halides is 2. The molecule has 0 aliphatic rings. The molecule has 1 rings (SSSR count). The van der Waals surface area contributed by atoms with E-state index in [-0.39, 0.29) is 6.42 Å². The largest absolute Gasteiger partial charge is 0.496 e. The van der Waals surface area contributed by atoms with Crippen LogP contribution in [-0.4, -0.2) is 19.1 Å². The van der Waals surface area contributed by atoms with Crippen molar-refractivity contribution in [2.75, 3.05) is 7.11 Å². The van der Waals surface area contributed by atoms with Crippen molar-refractivity contribution in [3.05, 3.63) is 29.8 Å². The second kappa shape index (κ2) is 4.57. The highest BCUT2D eigenvalue weighted by molar-refractivity contribution is 5.34. The molecule has 0 spiro atoms. The van der Waals surface area contributed by atoms with E-state index in [1.165, 1.54) is 14.0 Å². The third kappa shape index (κ3) is 2.89. The van der Waals surface area contributed by atoms with Gasteiger partial charge >= 0.3 is 0 Å². The molecule has 1 aromatic rings. The maximum Gasteiger partial charge on any atom is 0.256 e. The van der Waals surface area contributed by atoms with Crippen molar-refractivity contribution in [3.8, 4) is 5.75 Å². The van der Waals surface area contributed by atoms with Gasteiger partial charge in [0.25, 0.3) is 6.43 Å². The zero-order valence-electron chi connectivity index (χ0n) is 8.84. The summed E-state index contributed by atoms with van der Waals surface area (Å²) in [5.74, 6) is 0.592. The third-order valence-corrected chi connectivity index (χ3v) is 2.26. The molecule has 0 aliphatic heterocycles. The normalized spacial score (nSPS) is 15.1. The average Bonchev–Trinajstić information content (AvgIpc) is 2.18. The van der Waals surface area contributed by atoms with Gasteiger partial charge in [0.1, 0.15) is 5.75 Å². The summed E-state index contributed by atoms with van der Waals surface area (Å²) in [5, 5.41) is 0. The van der Waals surface area contributed by atoms with Gasteiger partial charge in [-0.25, -0.2) is 8.78 Å². The topological polar surface area (TPSA) is 35.2 Å². The highest BCUT2D eigenvalue weighted by Gasteiger charge is 2.31. The van der Waals surface area contributed by atoms with E-state index in [4.69, 9.17) is 10.5 Å². The van der Waals surface area contributed by atoms with Gasteiger partial charge in [0.15, 0.2) is 0 Å². The van der Waals surface area contributed by atoms with Gasteiger partial charge in [0.2, 0.25) is 0 Å². The van der Waals surface area contributed by atoms with Crippen LogP contribution in [0.3, 0.4) is 0 Å². The molecule has 0 fully saturated rings. The lowest BCUT2D eigenvalue weighted by Gasteiger charge is -2.24. The lowest BCUT2D eigenvalue weighted by molar-refractivity contribution is 0.0636. The number of benzene rings is 1. The maximum atomic E-state index is 12.6. The van der Waals surface area contributed by atoms with E-state index in [9.17, 15) is 8.78 Å². The highest BCUT2D eigenvalue weighted by atomic mass is 19.3. The molecule has 0 amide bonds. The second-order valence-electron chi connectivity index (χ2n) is 3.80. The van der Waals surface area contributed by atoms with E-state index in [2.05, 4.69) is 0 Å². The van der Waals surface area contributed by atoms with Crippen molar-refractivity contribution in [2.24, 2.45) is 5.73 Å². The van der Waals surface area contributed by atoms with Crippen LogP contribution < -0.4 is 10.5 Å². The SMILES string of the molecule is COc1ccccc1CC(C)(N)C(F)F. The van der Waals surface area contributed by atoms with E-state index < -0.39 is 12.0 Å². The van der Waals surface area contributed by atoms with E-state index in [1.807, 2.05) is 0 Å². The molecule has 0 bridgehead atoms. The number of hydrogen-bond acceptors (Lipinski definition) is 2. The van der Waals surface area contributed by atoms with Crippen molar-refractivity contribution in [1.29, 1.82) is 0 Å². The van der Waals surface area contributed by atoms with Gasteiger partial charge in [-0.15, -0.1) is 0 Å². The summed E-state index contributed by atoms with van der Waals surface area (Å²) in [6.07, 6.45) is -2.46. The number of methoxy groups -OCH3 is 1. The number of ether oxygens (including phenoxy) is 1. The lowest BCUT2D eigenvalue weighted by atomic mass is 9.94. The maximum absolute atomic E-state index is 12.6. The Balaban J connectivity index is 2.89. The van der Waals surface area contributed by atoms with Crippen LogP contribution in [0, 0.1) is 0 Å². The minimum Gasteiger partial charge on any atom is -0.496 e. The van der Waals surface area contributed by atoms with Crippen molar-refractivity contribution in [1.82, 2.24) is 0 Å². The number of para-hydroxylation sites is 1. The molecule has 0 heterocycles. The van der Waals surface area contributed by atoms with Crippen LogP contribution in [0.2, 0.25) is 0 Å². The van der Waals surface area contributed by atoms with Gasteiger partial charge < -0.3 is 10.5 Å². The van der Waals surface area contributed by atoms with Crippen LogP contribution in [0.4, 0.5) is 8.78 Å². The summed E-state index contributed by atoms with van der Waals surface area (Å²) in [4.78, 5) is 0. The van der Waals surface area contributed by atoms with Gasteiger partial charge in [0, 0.05) is 0 Å². The quantitative estimate of drug-likeness (QED) is 0.835. The van der Waals surface area contributed by atoms with Gasteiger partial charge in [-0.3, -0.25) is 0 Å². The Kier molecular flexibility index (Phi) is 3.63. The standard InChI is InChI=1S/C11H15F2NO/c1-11(14,10(12)13)7-8-5-3-4-6-9(8)15-2/h3-6,10H,7,14H2,1-2H3. The van der Waals surface area contributed by atoms with Crippen molar-refractivity contribution in [3.63, 3.8) is 0 Å². The molecule has 1 atom stereocenters. The molecule has 1 aromatic carbocycles. The fraction of sp³-hybridized carbons (Fsp3) is 0.455. The first-order valence-electron chi connectivity index (χ1n) is 4.66. The summed E-state index contributed by atoms with van der Waals surface area (Å²) in [6, 6.07) is 7.04. The van der Waals surface area contributed by atoms with Crippen LogP contribution in [-0.2, 0) is 6.42 Å². The highest BCUT2D eigenvalue weighted by Crippen LogP contribution is 2.24. The summed E-state index contributed by atoms with van der Waals surface area (Å²) >= 11 is 0. The number of nitrogens with two attached hydrogens (primary N) is 1. The summed E-state index contributed by atoms with van der Waals surface area (Å²) in [6.45, 7) is 1.34. The molecule has 1 unspecified atom stereocenters. The molecule has 0 aliphatic carbocycles. The predicted octanol–water partition coefficient (Wildman–Crippen LogP) is 2.22. The van der Waals surface area contributed by atoms with Gasteiger partial charge in [-0.05, 0) is 25.0 Å². The van der Waals surface area contributed by atoms with E-state index in [1.54, 1.807) is 24.3 Å². The third-order valence-electron chi connectivity index (χ3n) is 2.26. The van der Waals surface area contributed by atoms with Gasteiger partial charge in [0.05, 0.1) is 12.6 Å². The Bertz CT molecular complexity index is 326. The molecule has 2 N–H and O–H groups in total. The van der Waals surface area contributed by atoms with Gasteiger partial charge in [-0.2, -0.15) is 0 Å². The van der Waals surface area contributed by atoms with Crippen molar-refractivity contribution >= 4 is 0 Å². The first-order chi connectivity index (χ1) is 6.97. The zero-order valence-corrected chi connectivity index (χ0v) is 8.84. The molecule has 0 saturated heterocycles. The van der Waals surface area contributed by atoms with Crippen LogP contribution in [0.5, 0.6) is 5.75 Å². The van der Waals surface area contributed by atoms with Crippen molar-refractivity contribution in [2.45, 2.75) is 25.3 Å². The first-order valence-corrected chi connectivity index (χ1v) is 4.66. The molecular weight excluding hydrogens is 200 g/mol. The zero-order chi connectivity index (χ0) is 11.5. The number of rotatable bonds is 4. The van der Waals surface area contributed by atoms with Crippen LogP contribution in [0.1, 0.15) is 12.5 Å². The first kappa shape index (κ1) is 11.9. The van der Waals surface area contributed by atoms with Crippen LogP contribution in [0.25, 0.3) is 0 Å². The van der Waals surface area contributed by atoms with Crippen LogP contribution >= 0.6 is 0 Å². The molecule has 84 valence electrons. The molecule has 0 radical (unpaired) electrons. The van der Waals surface area contributed by atoms with E-state index in [0.717, 1.165) is 0 Å². The molecule has 15 heavy (non-hydrogen) atoms. The average molecular weight is 215 g/mol. The number of halogens is 2. The predicted molar refractivity (Wildman–Crippen MR) is 55.3 cm³/mol. The Morgan fingerprint density at radius 1 is 1.40 bits per heavy atom.